The third kappa shape index (κ3) is 18.4. The van der Waals surface area contributed by atoms with Gasteiger partial charge in [-0.1, -0.05) is 57.6 Å². The van der Waals surface area contributed by atoms with E-state index in [-0.39, 0.29) is 30.5 Å². The molecule has 0 rings (SSSR count). The lowest BCUT2D eigenvalue weighted by Crippen LogP contribution is -2.48. The second kappa shape index (κ2) is 20.2. The van der Waals surface area contributed by atoms with Gasteiger partial charge >= 0.3 is 13.6 Å². The lowest BCUT2D eigenvalue weighted by molar-refractivity contribution is -0.901. The van der Waals surface area contributed by atoms with E-state index in [2.05, 4.69) is 19.1 Å². The number of quaternary nitrogens is 1. The van der Waals surface area contributed by atoms with Gasteiger partial charge in [0.2, 0.25) is 0 Å². The van der Waals surface area contributed by atoms with Crippen LogP contribution in [0, 0.1) is 0 Å². The quantitative estimate of drug-likeness (QED) is 0.0374. The summed E-state index contributed by atoms with van der Waals surface area (Å²) in [4.78, 5) is 22.1. The average Bonchev–Trinajstić information content (AvgIpc) is 2.82. The largest absolute Gasteiger partial charge is 0.463 e. The molecule has 0 aliphatic rings. The molecule has 10 heteroatoms. The van der Waals surface area contributed by atoms with Crippen molar-refractivity contribution in [1.82, 2.24) is 0 Å². The first-order valence-corrected chi connectivity index (χ1v) is 15.2. The highest BCUT2D eigenvalue weighted by molar-refractivity contribution is 7.53. The normalized spacial score (nSPS) is 15.8. The number of hydrogen-bond acceptors (Lipinski definition) is 7. The van der Waals surface area contributed by atoms with Crippen LogP contribution >= 0.6 is 7.60 Å². The number of allylic oxidation sites excluding steroid dienone is 2. The van der Waals surface area contributed by atoms with Crippen LogP contribution in [0.3, 0.4) is 0 Å². The Kier molecular flexibility index (Phi) is 19.8. The van der Waals surface area contributed by atoms with Gasteiger partial charge in [-0.2, -0.15) is 0 Å². The molecule has 0 radical (unpaired) electrons. The minimum absolute atomic E-state index is 0.0325. The predicted molar refractivity (Wildman–Crippen MR) is 142 cm³/mol. The number of hydrogen-bond donors (Lipinski definition) is 4. The zero-order chi connectivity index (χ0) is 27.5. The van der Waals surface area contributed by atoms with E-state index >= 15 is 0 Å². The number of unbranched alkanes of at least 4 members (excludes halogenated alkanes) is 9. The van der Waals surface area contributed by atoms with Crippen LogP contribution in [0.15, 0.2) is 12.2 Å². The molecule has 2 unspecified atom stereocenters. The van der Waals surface area contributed by atoms with Crippen molar-refractivity contribution in [2.75, 3.05) is 33.9 Å². The topological polar surface area (TPSA) is 134 Å². The maximum atomic E-state index is 12.6. The first-order chi connectivity index (χ1) is 16.9. The van der Waals surface area contributed by atoms with E-state index < -0.39 is 38.3 Å². The fourth-order valence-electron chi connectivity index (χ4n) is 3.63. The van der Waals surface area contributed by atoms with Crippen molar-refractivity contribution in [3.8, 4) is 0 Å². The van der Waals surface area contributed by atoms with Crippen molar-refractivity contribution >= 4 is 13.6 Å². The Morgan fingerprint density at radius 1 is 0.917 bits per heavy atom. The van der Waals surface area contributed by atoms with Crippen LogP contribution in [0.25, 0.3) is 0 Å². The Balaban J connectivity index is 3.94. The molecule has 0 aliphatic heterocycles. The minimum atomic E-state index is -4.11. The van der Waals surface area contributed by atoms with Crippen LogP contribution in [-0.2, 0) is 18.6 Å². The number of aliphatic hydroxyl groups excluding tert-OH is 2. The fraction of sp³-hybridized carbons (Fsp3) is 0.885. The molecular formula is C26H53NO8P+. The summed E-state index contributed by atoms with van der Waals surface area (Å²) in [5.74, 6) is -1.27. The first-order valence-electron chi connectivity index (χ1n) is 13.6. The van der Waals surface area contributed by atoms with Crippen LogP contribution in [0.1, 0.15) is 97.3 Å². The molecule has 0 saturated heterocycles. The number of esters is 1. The van der Waals surface area contributed by atoms with E-state index in [1.165, 1.54) is 51.9 Å². The highest BCUT2D eigenvalue weighted by Crippen LogP contribution is 2.50. The molecule has 0 bridgehead atoms. The Hall–Kier alpha value is -0.800. The predicted octanol–water partition coefficient (Wildman–Crippen LogP) is 4.47. The van der Waals surface area contributed by atoms with E-state index in [9.17, 15) is 19.4 Å². The van der Waals surface area contributed by atoms with Crippen molar-refractivity contribution in [2.24, 2.45) is 0 Å². The molecule has 0 saturated carbocycles. The van der Waals surface area contributed by atoms with Gasteiger partial charge < -0.3 is 34.0 Å². The molecule has 0 spiro atoms. The molecule has 214 valence electrons. The van der Waals surface area contributed by atoms with Crippen molar-refractivity contribution in [1.29, 1.82) is 0 Å². The highest BCUT2D eigenvalue weighted by Gasteiger charge is 2.41. The van der Waals surface area contributed by atoms with E-state index in [1.54, 1.807) is 14.1 Å². The second-order valence-electron chi connectivity index (χ2n) is 10.2. The van der Waals surface area contributed by atoms with E-state index in [0.29, 0.717) is 6.42 Å². The van der Waals surface area contributed by atoms with Crippen LogP contribution in [-0.4, -0.2) is 82.7 Å². The number of carbonyl (C=O) groups is 1. The minimum Gasteiger partial charge on any atom is -0.463 e. The SMILES string of the molecule is CCCCCCCCC/C=C\CCCCC(=O)OC[C@@H](O)COP(=O)(O)C(C)[N+](C)(C)CCC(O)O. The maximum absolute atomic E-state index is 12.6. The van der Waals surface area contributed by atoms with E-state index in [0.717, 1.165) is 19.3 Å². The second-order valence-corrected chi connectivity index (χ2v) is 12.4. The van der Waals surface area contributed by atoms with E-state index in [1.807, 2.05) is 0 Å². The Morgan fingerprint density at radius 2 is 1.47 bits per heavy atom. The zero-order valence-electron chi connectivity index (χ0n) is 23.0. The lowest BCUT2D eigenvalue weighted by atomic mass is 10.1. The van der Waals surface area contributed by atoms with Crippen LogP contribution in [0.5, 0.6) is 0 Å². The number of ether oxygens (including phenoxy) is 1. The molecule has 0 aromatic heterocycles. The Labute approximate surface area is 218 Å². The number of aliphatic hydroxyl groups is 3. The van der Waals surface area contributed by atoms with Gasteiger partial charge in [0.15, 0.2) is 12.1 Å². The summed E-state index contributed by atoms with van der Waals surface area (Å²) in [6.45, 7) is 3.26. The van der Waals surface area contributed by atoms with Gasteiger partial charge in [-0.3, -0.25) is 9.36 Å². The average molecular weight is 539 g/mol. The monoisotopic (exact) mass is 538 g/mol. The Bertz CT molecular complexity index is 641. The molecule has 9 nitrogen and oxygen atoms in total. The van der Waals surface area contributed by atoms with Crippen molar-refractivity contribution in [2.45, 2.75) is 115 Å². The number of nitrogens with zero attached hydrogens (tertiary/aromatic N) is 1. The first kappa shape index (κ1) is 35.2. The van der Waals surface area contributed by atoms with Crippen LogP contribution < -0.4 is 0 Å². The maximum Gasteiger partial charge on any atom is 0.384 e. The summed E-state index contributed by atoms with van der Waals surface area (Å²) in [6, 6.07) is 0. The number of rotatable bonds is 23. The van der Waals surface area contributed by atoms with Gasteiger partial charge in [0.25, 0.3) is 0 Å². The molecule has 4 N–H and O–H groups in total. The number of carbonyl (C=O) groups excluding carboxylic acids is 1. The van der Waals surface area contributed by atoms with Gasteiger partial charge in [0.1, 0.15) is 12.7 Å². The summed E-state index contributed by atoms with van der Waals surface area (Å²) in [7, 11) is -0.740. The summed E-state index contributed by atoms with van der Waals surface area (Å²) in [6.07, 6.45) is 14.8. The lowest BCUT2D eigenvalue weighted by Gasteiger charge is -2.37. The van der Waals surface area contributed by atoms with Gasteiger partial charge in [0.05, 0.1) is 27.2 Å². The molecule has 0 aliphatic carbocycles. The molecular weight excluding hydrogens is 485 g/mol. The molecule has 36 heavy (non-hydrogen) atoms. The third-order valence-corrected chi connectivity index (χ3v) is 8.57. The Morgan fingerprint density at radius 3 is 2.06 bits per heavy atom. The van der Waals surface area contributed by atoms with Gasteiger partial charge in [0, 0.05) is 12.8 Å². The van der Waals surface area contributed by atoms with Crippen molar-refractivity contribution in [3.05, 3.63) is 12.2 Å². The molecule has 0 aromatic rings. The van der Waals surface area contributed by atoms with Crippen molar-refractivity contribution in [3.63, 3.8) is 0 Å². The molecule has 0 aromatic carbocycles. The summed E-state index contributed by atoms with van der Waals surface area (Å²) in [5.41, 5.74) is 0. The van der Waals surface area contributed by atoms with Crippen molar-refractivity contribution < 1.29 is 43.3 Å². The summed E-state index contributed by atoms with van der Waals surface area (Å²) < 4.78 is 22.7. The molecule has 0 heterocycles. The standard InChI is InChI=1S/C26H52NO8P/c1-5-6-7-8-9-10-11-12-13-14-15-16-17-18-26(31)34-21-24(28)22-35-36(32,33)23(2)27(3,4)20-19-25(29)30/h13-14,23-25,28-30H,5-12,15-22H2,1-4H3/p+1/b14-13-/t23?,24-/m1/s1. The van der Waals surface area contributed by atoms with Gasteiger partial charge in [-0.15, -0.1) is 0 Å². The highest BCUT2D eigenvalue weighted by atomic mass is 31.2. The summed E-state index contributed by atoms with van der Waals surface area (Å²) >= 11 is 0. The van der Waals surface area contributed by atoms with E-state index in [4.69, 9.17) is 19.5 Å². The smallest absolute Gasteiger partial charge is 0.384 e. The fourth-order valence-corrected chi connectivity index (χ4v) is 5.13. The van der Waals surface area contributed by atoms with Crippen LogP contribution in [0.2, 0.25) is 0 Å². The molecule has 0 fully saturated rings. The zero-order valence-corrected chi connectivity index (χ0v) is 23.9. The third-order valence-electron chi connectivity index (χ3n) is 6.48. The van der Waals surface area contributed by atoms with Crippen LogP contribution in [0.4, 0.5) is 0 Å². The molecule has 3 atom stereocenters. The van der Waals surface area contributed by atoms with Gasteiger partial charge in [-0.05, 0) is 39.0 Å². The molecule has 0 amide bonds. The summed E-state index contributed by atoms with van der Waals surface area (Å²) in [5, 5.41) is 28.1. The van der Waals surface area contributed by atoms with Gasteiger partial charge in [-0.25, -0.2) is 0 Å².